The number of β-lactam (4-membered cyclic amide) rings is 1. The van der Waals surface area contributed by atoms with Gasteiger partial charge >= 0.3 is 11.9 Å². The Morgan fingerprint density at radius 3 is 2.52 bits per heavy atom. The molecule has 1 aromatic carbocycles. The van der Waals surface area contributed by atoms with Crippen molar-refractivity contribution in [1.29, 1.82) is 0 Å². The first kappa shape index (κ1) is 23.7. The van der Waals surface area contributed by atoms with Gasteiger partial charge < -0.3 is 14.8 Å². The van der Waals surface area contributed by atoms with Crippen LogP contribution in [0.4, 0.5) is 0 Å². The van der Waals surface area contributed by atoms with E-state index in [1.54, 1.807) is 12.1 Å². The Balaban J connectivity index is 1.74. The van der Waals surface area contributed by atoms with Crippen molar-refractivity contribution in [3.05, 3.63) is 47.4 Å². The van der Waals surface area contributed by atoms with Crippen molar-refractivity contribution < 1.29 is 28.7 Å². The molecule has 1 saturated heterocycles. The number of nitrogens with one attached hydrogen (secondary N) is 1. The lowest BCUT2D eigenvalue weighted by molar-refractivity contribution is -0.154. The number of nitrogens with zero attached hydrogens (tertiary/aromatic N) is 1. The lowest BCUT2D eigenvalue weighted by Crippen LogP contribution is -2.70. The number of hydrogen-bond donors (Lipinski definition) is 1. The zero-order chi connectivity index (χ0) is 22.8. The van der Waals surface area contributed by atoms with E-state index in [1.165, 1.54) is 18.7 Å². The van der Waals surface area contributed by atoms with E-state index in [4.69, 9.17) is 44.3 Å². The van der Waals surface area contributed by atoms with Crippen molar-refractivity contribution in [3.8, 4) is 0 Å². The molecule has 1 fully saturated rings. The topological polar surface area (TPSA) is 102 Å². The van der Waals surface area contributed by atoms with Crippen LogP contribution >= 0.6 is 46.6 Å². The molecule has 0 bridgehead atoms. The van der Waals surface area contributed by atoms with Gasteiger partial charge in [-0.15, -0.1) is 11.8 Å². The first-order valence-corrected chi connectivity index (χ1v) is 11.2. The summed E-state index contributed by atoms with van der Waals surface area (Å²) >= 11 is 18.1. The van der Waals surface area contributed by atoms with Crippen LogP contribution in [0.1, 0.15) is 12.5 Å². The number of rotatable bonds is 6. The SMILES string of the molecule is CC(=O)OC1=C(C(=O)OCC(Cl)(Cl)Cl)N2C(=O)C(NC(=O)Cc3ccccc3)[C@H]2SC1. The normalized spacial score (nSPS) is 20.5. The summed E-state index contributed by atoms with van der Waals surface area (Å²) in [4.78, 5) is 50.3. The molecule has 2 amide bonds. The van der Waals surface area contributed by atoms with E-state index in [0.29, 0.717) is 0 Å². The zero-order valence-corrected chi connectivity index (χ0v) is 19.2. The van der Waals surface area contributed by atoms with E-state index in [1.807, 2.05) is 18.2 Å². The van der Waals surface area contributed by atoms with Gasteiger partial charge in [-0.3, -0.25) is 19.3 Å². The molecular formula is C19H17Cl3N2O6S. The van der Waals surface area contributed by atoms with Crippen molar-refractivity contribution in [2.75, 3.05) is 12.4 Å². The maximum absolute atomic E-state index is 12.8. The summed E-state index contributed by atoms with van der Waals surface area (Å²) in [5.41, 5.74) is 0.555. The molecule has 12 heteroatoms. The molecule has 1 aromatic rings. The number of esters is 2. The number of ether oxygens (including phenoxy) is 2. The van der Waals surface area contributed by atoms with Crippen LogP contribution in [0.25, 0.3) is 0 Å². The van der Waals surface area contributed by atoms with E-state index < -0.39 is 39.7 Å². The summed E-state index contributed by atoms with van der Waals surface area (Å²) in [6, 6.07) is 8.23. The van der Waals surface area contributed by atoms with Gasteiger partial charge in [0.25, 0.3) is 5.91 Å². The van der Waals surface area contributed by atoms with Gasteiger partial charge in [-0.1, -0.05) is 65.1 Å². The molecule has 0 aliphatic carbocycles. The molecule has 2 heterocycles. The van der Waals surface area contributed by atoms with Crippen molar-refractivity contribution >= 4 is 70.3 Å². The highest BCUT2D eigenvalue weighted by atomic mass is 35.6. The summed E-state index contributed by atoms with van der Waals surface area (Å²) in [6.07, 6.45) is 0.106. The maximum Gasteiger partial charge on any atom is 0.358 e. The van der Waals surface area contributed by atoms with Crippen LogP contribution in [0.3, 0.4) is 0 Å². The average Bonchev–Trinajstić information content (AvgIpc) is 2.69. The fourth-order valence-electron chi connectivity index (χ4n) is 3.05. The number of benzene rings is 1. The molecule has 0 radical (unpaired) electrons. The lowest BCUT2D eigenvalue weighted by atomic mass is 10.0. The molecule has 0 saturated carbocycles. The van der Waals surface area contributed by atoms with Gasteiger partial charge in [-0.25, -0.2) is 4.79 Å². The Bertz CT molecular complexity index is 934. The van der Waals surface area contributed by atoms with Crippen molar-refractivity contribution in [2.45, 2.75) is 28.6 Å². The summed E-state index contributed by atoms with van der Waals surface area (Å²) in [5.74, 6) is -2.44. The van der Waals surface area contributed by atoms with E-state index in [9.17, 15) is 19.2 Å². The van der Waals surface area contributed by atoms with E-state index in [0.717, 1.165) is 10.5 Å². The summed E-state index contributed by atoms with van der Waals surface area (Å²) in [6.45, 7) is 0.600. The molecule has 2 aliphatic rings. The Labute approximate surface area is 197 Å². The molecule has 2 atom stereocenters. The Morgan fingerprint density at radius 2 is 1.90 bits per heavy atom. The second-order valence-corrected chi connectivity index (χ2v) is 10.3. The third-order valence-electron chi connectivity index (χ3n) is 4.28. The summed E-state index contributed by atoms with van der Waals surface area (Å²) in [5, 5.41) is 2.12. The number of halogens is 3. The molecule has 0 spiro atoms. The Morgan fingerprint density at radius 1 is 1.23 bits per heavy atom. The molecule has 8 nitrogen and oxygen atoms in total. The zero-order valence-electron chi connectivity index (χ0n) is 16.1. The predicted molar refractivity (Wildman–Crippen MR) is 115 cm³/mol. The van der Waals surface area contributed by atoms with Crippen molar-refractivity contribution in [2.24, 2.45) is 0 Å². The van der Waals surface area contributed by atoms with Crippen LogP contribution in [-0.4, -0.2) is 56.2 Å². The van der Waals surface area contributed by atoms with Crippen LogP contribution in [0, 0.1) is 0 Å². The largest absolute Gasteiger partial charge is 0.456 e. The molecule has 1 N–H and O–H groups in total. The van der Waals surface area contributed by atoms with E-state index in [-0.39, 0.29) is 29.5 Å². The van der Waals surface area contributed by atoms with Gasteiger partial charge in [0.05, 0.1) is 12.2 Å². The number of thioether (sulfide) groups is 1. The highest BCUT2D eigenvalue weighted by Crippen LogP contribution is 2.41. The molecule has 0 aromatic heterocycles. The minimum atomic E-state index is -1.85. The van der Waals surface area contributed by atoms with Crippen molar-refractivity contribution in [3.63, 3.8) is 0 Å². The third-order valence-corrected chi connectivity index (χ3v) is 5.87. The highest BCUT2D eigenvalue weighted by Gasteiger charge is 2.55. The van der Waals surface area contributed by atoms with E-state index in [2.05, 4.69) is 5.32 Å². The number of fused-ring (bicyclic) bond motifs is 1. The van der Waals surface area contributed by atoms with Gasteiger partial charge in [0.1, 0.15) is 23.8 Å². The number of hydrogen-bond acceptors (Lipinski definition) is 7. The predicted octanol–water partition coefficient (Wildman–Crippen LogP) is 2.32. The van der Waals surface area contributed by atoms with Gasteiger partial charge in [0.15, 0.2) is 5.70 Å². The number of alkyl halides is 3. The molecule has 3 rings (SSSR count). The molecule has 2 aliphatic heterocycles. The van der Waals surface area contributed by atoms with Crippen LogP contribution < -0.4 is 5.32 Å². The molecule has 166 valence electrons. The third kappa shape index (κ3) is 5.85. The smallest absolute Gasteiger partial charge is 0.358 e. The van der Waals surface area contributed by atoms with Gasteiger partial charge in [-0.05, 0) is 5.56 Å². The van der Waals surface area contributed by atoms with Gasteiger partial charge in [-0.2, -0.15) is 0 Å². The fraction of sp³-hybridized carbons (Fsp3) is 0.368. The quantitative estimate of drug-likeness (QED) is 0.358. The highest BCUT2D eigenvalue weighted by molar-refractivity contribution is 8.00. The number of carbonyl (C=O) groups is 4. The second kappa shape index (κ2) is 9.68. The molecule has 1 unspecified atom stereocenters. The molecular weight excluding hydrogens is 491 g/mol. The monoisotopic (exact) mass is 506 g/mol. The lowest BCUT2D eigenvalue weighted by Gasteiger charge is -2.49. The molecule has 31 heavy (non-hydrogen) atoms. The first-order valence-electron chi connectivity index (χ1n) is 9.00. The minimum Gasteiger partial charge on any atom is -0.456 e. The summed E-state index contributed by atoms with van der Waals surface area (Å²) in [7, 11) is 0. The second-order valence-electron chi connectivity index (χ2n) is 6.67. The fourth-order valence-corrected chi connectivity index (χ4v) is 4.47. The maximum atomic E-state index is 12.8. The van der Waals surface area contributed by atoms with Crippen LogP contribution in [0.15, 0.2) is 41.8 Å². The van der Waals surface area contributed by atoms with Gasteiger partial charge in [0.2, 0.25) is 9.70 Å². The summed E-state index contributed by atoms with van der Waals surface area (Å²) < 4.78 is 8.22. The van der Waals surface area contributed by atoms with Crippen LogP contribution in [0.2, 0.25) is 0 Å². The van der Waals surface area contributed by atoms with Crippen LogP contribution in [0.5, 0.6) is 0 Å². The standard InChI is InChI=1S/C19H17Cl3N2O6S/c1-10(25)30-12-8-31-17-14(23-13(26)7-11-5-3-2-4-6-11)16(27)24(17)15(12)18(28)29-9-19(20,21)22/h2-6,14,17H,7-9H2,1H3,(H,23,26)/t14?,17-/m1/s1. The number of carbonyl (C=O) groups excluding carboxylic acids is 4. The van der Waals surface area contributed by atoms with Crippen molar-refractivity contribution in [1.82, 2.24) is 10.2 Å². The Kier molecular flexibility index (Phi) is 7.41. The Hall–Kier alpha value is -1.94. The van der Waals surface area contributed by atoms with E-state index >= 15 is 0 Å². The average molecular weight is 508 g/mol. The first-order chi connectivity index (χ1) is 14.6. The minimum absolute atomic E-state index is 0.0366. The van der Waals surface area contributed by atoms with Crippen LogP contribution in [-0.2, 0) is 35.1 Å². The number of amides is 2. The van der Waals surface area contributed by atoms with Gasteiger partial charge in [0, 0.05) is 6.92 Å².